The number of nitrogens with one attached hydrogen (secondary N) is 1. The van der Waals surface area contributed by atoms with Crippen LogP contribution in [0.5, 0.6) is 0 Å². The molecule has 0 bridgehead atoms. The second kappa shape index (κ2) is 9.42. The summed E-state index contributed by atoms with van der Waals surface area (Å²) in [5, 5.41) is 14.7. The van der Waals surface area contributed by atoms with Gasteiger partial charge in [-0.1, -0.05) is 18.2 Å². The summed E-state index contributed by atoms with van der Waals surface area (Å²) >= 11 is 0. The fraction of sp³-hybridized carbons (Fsp3) is 0.370. The van der Waals surface area contributed by atoms with Crippen LogP contribution in [0.25, 0.3) is 10.9 Å². The minimum atomic E-state index is -4.35. The van der Waals surface area contributed by atoms with Gasteiger partial charge < -0.3 is 5.11 Å². The Bertz CT molecular complexity index is 1350. The van der Waals surface area contributed by atoms with E-state index in [1.54, 1.807) is 6.20 Å². The number of urea groups is 1. The van der Waals surface area contributed by atoms with Gasteiger partial charge in [-0.3, -0.25) is 24.9 Å². The van der Waals surface area contributed by atoms with Crippen molar-refractivity contribution in [3.63, 3.8) is 0 Å². The van der Waals surface area contributed by atoms with Crippen molar-refractivity contribution >= 4 is 28.5 Å². The van der Waals surface area contributed by atoms with Crippen LogP contribution < -0.4 is 10.2 Å². The third-order valence-corrected chi connectivity index (χ3v) is 7.36. The number of aliphatic hydroxyl groups is 1. The predicted octanol–water partition coefficient (Wildman–Crippen LogP) is 4.49. The lowest BCUT2D eigenvalue weighted by molar-refractivity contribution is -0.137. The van der Waals surface area contributed by atoms with Gasteiger partial charge in [0, 0.05) is 38.0 Å². The van der Waals surface area contributed by atoms with E-state index in [0.717, 1.165) is 39.7 Å². The molecule has 3 aromatic rings. The highest BCUT2D eigenvalue weighted by Gasteiger charge is 2.35. The van der Waals surface area contributed by atoms with Crippen LogP contribution in [0.15, 0.2) is 48.7 Å². The van der Waals surface area contributed by atoms with Gasteiger partial charge in [-0.15, -0.1) is 0 Å². The summed E-state index contributed by atoms with van der Waals surface area (Å²) in [4.78, 5) is 32.0. The van der Waals surface area contributed by atoms with Crippen LogP contribution in [0.3, 0.4) is 0 Å². The molecule has 10 heteroatoms. The van der Waals surface area contributed by atoms with Crippen LogP contribution in [0.2, 0.25) is 0 Å². The first kappa shape index (κ1) is 25.2. The Balaban J connectivity index is 1.31. The number of aryl methyl sites for hydroxylation is 1. The molecule has 3 heterocycles. The fourth-order valence-electron chi connectivity index (χ4n) is 5.10. The second-order valence-electron chi connectivity index (χ2n) is 9.76. The normalized spacial score (nSPS) is 18.8. The van der Waals surface area contributed by atoms with Gasteiger partial charge >= 0.3 is 12.2 Å². The van der Waals surface area contributed by atoms with Gasteiger partial charge in [-0.2, -0.15) is 13.2 Å². The number of halogens is 3. The molecule has 37 heavy (non-hydrogen) atoms. The second-order valence-corrected chi connectivity index (χ2v) is 9.76. The monoisotopic (exact) mass is 512 g/mol. The highest BCUT2D eigenvalue weighted by molar-refractivity contribution is 6.06. The first-order valence-electron chi connectivity index (χ1n) is 12.2. The molecule has 5 rings (SSSR count). The maximum Gasteiger partial charge on any atom is 0.416 e. The zero-order valence-electron chi connectivity index (χ0n) is 20.3. The van der Waals surface area contributed by atoms with Crippen molar-refractivity contribution in [3.8, 4) is 0 Å². The maximum atomic E-state index is 12.8. The number of rotatable bonds is 4. The van der Waals surface area contributed by atoms with Gasteiger partial charge in [-0.25, -0.2) is 4.79 Å². The first-order chi connectivity index (χ1) is 17.5. The molecule has 7 nitrogen and oxygen atoms in total. The number of hydrogen-bond donors (Lipinski definition) is 2. The number of anilines is 1. The van der Waals surface area contributed by atoms with E-state index in [2.05, 4.69) is 15.2 Å². The van der Waals surface area contributed by atoms with E-state index in [1.165, 1.54) is 17.0 Å². The van der Waals surface area contributed by atoms with E-state index in [-0.39, 0.29) is 18.9 Å². The van der Waals surface area contributed by atoms with Crippen molar-refractivity contribution < 1.29 is 27.9 Å². The molecule has 3 amide bonds. The minimum Gasteiger partial charge on any atom is -0.385 e. The number of carbonyl (C=O) groups excluding carboxylic acids is 2. The molecule has 2 saturated heterocycles. The average molecular weight is 513 g/mol. The molecule has 0 aliphatic carbocycles. The van der Waals surface area contributed by atoms with Gasteiger partial charge in [0.2, 0.25) is 5.91 Å². The number of pyridine rings is 1. The van der Waals surface area contributed by atoms with Gasteiger partial charge in [0.25, 0.3) is 0 Å². The van der Waals surface area contributed by atoms with E-state index in [1.807, 2.05) is 25.1 Å². The van der Waals surface area contributed by atoms with Crippen LogP contribution >= 0.6 is 0 Å². The van der Waals surface area contributed by atoms with Gasteiger partial charge in [0.1, 0.15) is 0 Å². The molecule has 0 radical (unpaired) electrons. The number of imide groups is 1. The number of aromatic nitrogens is 1. The number of carbonyl (C=O) groups is 2. The topological polar surface area (TPSA) is 85.8 Å². The summed E-state index contributed by atoms with van der Waals surface area (Å²) in [6.45, 7) is 3.86. The highest BCUT2D eigenvalue weighted by Crippen LogP contribution is 2.37. The molecule has 2 aromatic carbocycles. The van der Waals surface area contributed by atoms with E-state index < -0.39 is 23.4 Å². The van der Waals surface area contributed by atoms with Crippen molar-refractivity contribution in [1.82, 2.24) is 15.2 Å². The summed E-state index contributed by atoms with van der Waals surface area (Å²) in [6, 6.07) is 10.4. The van der Waals surface area contributed by atoms with Crippen molar-refractivity contribution in [1.29, 1.82) is 0 Å². The summed E-state index contributed by atoms with van der Waals surface area (Å²) < 4.78 is 38.5. The predicted molar refractivity (Wildman–Crippen MR) is 132 cm³/mol. The maximum absolute atomic E-state index is 12.8. The Kier molecular flexibility index (Phi) is 6.41. The highest BCUT2D eigenvalue weighted by atomic mass is 19.4. The van der Waals surface area contributed by atoms with Crippen LogP contribution in [0, 0.1) is 6.92 Å². The van der Waals surface area contributed by atoms with E-state index >= 15 is 0 Å². The lowest BCUT2D eigenvalue weighted by Crippen LogP contribution is -2.49. The molecule has 1 aromatic heterocycles. The Morgan fingerprint density at radius 3 is 2.41 bits per heavy atom. The molecule has 0 unspecified atom stereocenters. The quantitative estimate of drug-likeness (QED) is 0.538. The number of piperidine rings is 1. The van der Waals surface area contributed by atoms with Gasteiger partial charge in [0.05, 0.1) is 28.6 Å². The standard InChI is InChI=1S/C27H27F3N4O3/c1-17-21-14-20(6-7-22(21)31-15-23(17)34-11-8-24(35)32-25(34)36)26(37)9-12-33(13-10-26)16-18-2-4-19(5-3-18)27(28,29)30/h2-7,14-15,37H,8-13,16H2,1H3,(H,32,35,36). The Labute approximate surface area is 211 Å². The largest absolute Gasteiger partial charge is 0.416 e. The Hall–Kier alpha value is -3.50. The number of likely N-dealkylation sites (tertiary alicyclic amines) is 1. The Morgan fingerprint density at radius 1 is 1.05 bits per heavy atom. The van der Waals surface area contributed by atoms with E-state index in [0.29, 0.717) is 38.2 Å². The zero-order valence-corrected chi connectivity index (χ0v) is 20.3. The van der Waals surface area contributed by atoms with Crippen LogP contribution in [0.1, 0.15) is 41.5 Å². The van der Waals surface area contributed by atoms with E-state index in [9.17, 15) is 27.9 Å². The molecule has 2 N–H and O–H groups in total. The SMILES string of the molecule is Cc1c(N2CCC(=O)NC2=O)cnc2ccc(C3(O)CCN(Cc4ccc(C(F)(F)F)cc4)CC3)cc12. The van der Waals surface area contributed by atoms with Crippen molar-refractivity contribution in [2.45, 2.75) is 44.5 Å². The summed E-state index contributed by atoms with van der Waals surface area (Å²) in [6.07, 6.45) is -1.56. The average Bonchev–Trinajstić information content (AvgIpc) is 2.86. The molecule has 2 aliphatic heterocycles. The third kappa shape index (κ3) is 5.03. The number of fused-ring (bicyclic) bond motifs is 1. The van der Waals surface area contributed by atoms with Crippen molar-refractivity contribution in [3.05, 3.63) is 70.9 Å². The molecule has 0 spiro atoms. The summed E-state index contributed by atoms with van der Waals surface area (Å²) in [5.74, 6) is -0.304. The molecular weight excluding hydrogens is 485 g/mol. The molecule has 0 atom stereocenters. The molecular formula is C27H27F3N4O3. The lowest BCUT2D eigenvalue weighted by atomic mass is 9.83. The molecule has 2 fully saturated rings. The van der Waals surface area contributed by atoms with Crippen molar-refractivity contribution in [2.75, 3.05) is 24.5 Å². The zero-order chi connectivity index (χ0) is 26.4. The van der Waals surface area contributed by atoms with Gasteiger partial charge in [-0.05, 0) is 60.7 Å². The summed E-state index contributed by atoms with van der Waals surface area (Å²) in [7, 11) is 0. The number of alkyl halides is 3. The fourth-order valence-corrected chi connectivity index (χ4v) is 5.10. The van der Waals surface area contributed by atoms with Crippen molar-refractivity contribution in [2.24, 2.45) is 0 Å². The number of amides is 3. The number of hydrogen-bond acceptors (Lipinski definition) is 5. The first-order valence-corrected chi connectivity index (χ1v) is 12.2. The van der Waals surface area contributed by atoms with E-state index in [4.69, 9.17) is 0 Å². The van der Waals surface area contributed by atoms with Crippen LogP contribution in [-0.2, 0) is 23.1 Å². The summed E-state index contributed by atoms with van der Waals surface area (Å²) in [5.41, 5.74) is 2.02. The van der Waals surface area contributed by atoms with Crippen LogP contribution in [-0.4, -0.2) is 46.6 Å². The minimum absolute atomic E-state index is 0.214. The molecule has 194 valence electrons. The number of benzene rings is 2. The number of nitrogens with zero attached hydrogens (tertiary/aromatic N) is 3. The smallest absolute Gasteiger partial charge is 0.385 e. The molecule has 2 aliphatic rings. The third-order valence-electron chi connectivity index (χ3n) is 7.36. The van der Waals surface area contributed by atoms with Crippen LogP contribution in [0.4, 0.5) is 23.7 Å². The van der Waals surface area contributed by atoms with Gasteiger partial charge in [0.15, 0.2) is 0 Å². The Morgan fingerprint density at radius 2 is 1.76 bits per heavy atom. The molecule has 0 saturated carbocycles. The lowest BCUT2D eigenvalue weighted by Gasteiger charge is -2.38.